The Morgan fingerprint density at radius 2 is 1.88 bits per heavy atom. The van der Waals surface area contributed by atoms with Gasteiger partial charge in [-0.25, -0.2) is 12.7 Å². The smallest absolute Gasteiger partial charge is 0.215 e. The summed E-state index contributed by atoms with van der Waals surface area (Å²) in [5.74, 6) is 0.0495. The van der Waals surface area contributed by atoms with Crippen LogP contribution in [0.2, 0.25) is 0 Å². The second kappa shape index (κ2) is 6.13. The van der Waals surface area contributed by atoms with Gasteiger partial charge in [-0.15, -0.1) is 0 Å². The van der Waals surface area contributed by atoms with Crippen molar-refractivity contribution in [2.75, 3.05) is 32.4 Å². The molecule has 0 amide bonds. The molecule has 0 aromatic heterocycles. The van der Waals surface area contributed by atoms with E-state index >= 15 is 0 Å². The quantitative estimate of drug-likeness (QED) is 0.763. The zero-order valence-corrected chi connectivity index (χ0v) is 11.9. The Morgan fingerprint density at radius 3 is 2.29 bits per heavy atom. The molecule has 0 aliphatic carbocycles. The maximum atomic E-state index is 11.9. The monoisotopic (exact) mass is 263 g/mol. The third-order valence-electron chi connectivity index (χ3n) is 3.56. The molecule has 102 valence electrons. The molecule has 2 N–H and O–H groups in total. The number of likely N-dealkylation sites (tertiary alicyclic amines) is 1. The van der Waals surface area contributed by atoms with Crippen LogP contribution >= 0.6 is 0 Å². The van der Waals surface area contributed by atoms with Gasteiger partial charge in [-0.1, -0.05) is 0 Å². The summed E-state index contributed by atoms with van der Waals surface area (Å²) in [4.78, 5) is 2.39. The van der Waals surface area contributed by atoms with Crippen molar-refractivity contribution >= 4 is 10.0 Å². The largest absolute Gasteiger partial charge is 0.329 e. The van der Waals surface area contributed by atoms with Gasteiger partial charge in [0.15, 0.2) is 0 Å². The van der Waals surface area contributed by atoms with Crippen LogP contribution in [0.4, 0.5) is 0 Å². The van der Waals surface area contributed by atoms with E-state index in [0.29, 0.717) is 6.04 Å². The second-order valence-electron chi connectivity index (χ2n) is 4.98. The zero-order chi connectivity index (χ0) is 13.1. The van der Waals surface area contributed by atoms with E-state index in [2.05, 4.69) is 18.7 Å². The molecule has 1 aliphatic rings. The lowest BCUT2D eigenvalue weighted by molar-refractivity contribution is 0.140. The van der Waals surface area contributed by atoms with Crippen molar-refractivity contribution in [2.45, 2.75) is 38.8 Å². The van der Waals surface area contributed by atoms with Crippen molar-refractivity contribution in [2.24, 2.45) is 5.73 Å². The molecule has 0 atom stereocenters. The molecule has 1 fully saturated rings. The first-order valence-corrected chi connectivity index (χ1v) is 7.89. The molecule has 1 heterocycles. The highest BCUT2D eigenvalue weighted by atomic mass is 32.2. The minimum Gasteiger partial charge on any atom is -0.329 e. The van der Waals surface area contributed by atoms with Crippen LogP contribution in [0.3, 0.4) is 0 Å². The fourth-order valence-corrected chi connectivity index (χ4v) is 3.54. The van der Waals surface area contributed by atoms with Crippen molar-refractivity contribution in [3.05, 3.63) is 0 Å². The average Bonchev–Trinajstić information content (AvgIpc) is 2.28. The Balaban J connectivity index is 2.54. The highest BCUT2D eigenvalue weighted by Gasteiger charge is 2.29. The summed E-state index contributed by atoms with van der Waals surface area (Å²) in [6.07, 6.45) is 1.83. The zero-order valence-electron chi connectivity index (χ0n) is 11.1. The summed E-state index contributed by atoms with van der Waals surface area (Å²) >= 11 is 0. The van der Waals surface area contributed by atoms with Crippen molar-refractivity contribution in [3.8, 4) is 0 Å². The molecule has 1 rings (SSSR count). The Labute approximate surface area is 105 Å². The van der Waals surface area contributed by atoms with Crippen molar-refractivity contribution < 1.29 is 8.42 Å². The minimum atomic E-state index is -3.16. The predicted molar refractivity (Wildman–Crippen MR) is 70.3 cm³/mol. The number of nitrogens with two attached hydrogens (primary N) is 1. The lowest BCUT2D eigenvalue weighted by Crippen LogP contribution is -2.48. The topological polar surface area (TPSA) is 66.6 Å². The highest BCUT2D eigenvalue weighted by molar-refractivity contribution is 7.89. The third-order valence-corrected chi connectivity index (χ3v) is 5.49. The first-order chi connectivity index (χ1) is 7.88. The molecule has 0 bridgehead atoms. The first-order valence-electron chi connectivity index (χ1n) is 6.28. The fourth-order valence-electron chi connectivity index (χ4n) is 2.29. The maximum absolute atomic E-state index is 11.9. The van der Waals surface area contributed by atoms with Gasteiger partial charge in [-0.2, -0.15) is 0 Å². The number of hydrogen-bond donors (Lipinski definition) is 1. The molecular formula is C11H25N3O2S. The van der Waals surface area contributed by atoms with Gasteiger partial charge in [0, 0.05) is 25.7 Å². The first kappa shape index (κ1) is 14.9. The van der Waals surface area contributed by atoms with Crippen molar-refractivity contribution in [1.82, 2.24) is 9.21 Å². The lowest BCUT2D eigenvalue weighted by Gasteiger charge is -2.37. The molecule has 0 spiro atoms. The molecule has 1 aliphatic heterocycles. The number of rotatable bonds is 5. The Bertz CT molecular complexity index is 322. The van der Waals surface area contributed by atoms with Gasteiger partial charge in [0.25, 0.3) is 0 Å². The van der Waals surface area contributed by atoms with Gasteiger partial charge >= 0.3 is 0 Å². The summed E-state index contributed by atoms with van der Waals surface area (Å²) in [6, 6.07) is 0.684. The van der Waals surface area contributed by atoms with Gasteiger partial charge < -0.3 is 10.6 Å². The Morgan fingerprint density at radius 1 is 1.35 bits per heavy atom. The van der Waals surface area contributed by atoms with Crippen LogP contribution < -0.4 is 5.73 Å². The van der Waals surface area contributed by atoms with E-state index in [0.717, 1.165) is 25.9 Å². The Hall–Kier alpha value is -0.170. The molecule has 0 saturated carbocycles. The van der Waals surface area contributed by atoms with Crippen LogP contribution in [-0.4, -0.2) is 62.1 Å². The molecular weight excluding hydrogens is 238 g/mol. The summed E-state index contributed by atoms with van der Waals surface area (Å²) in [6.45, 7) is 6.50. The molecule has 6 heteroatoms. The van der Waals surface area contributed by atoms with E-state index in [9.17, 15) is 8.42 Å². The summed E-state index contributed by atoms with van der Waals surface area (Å²) < 4.78 is 25.3. The third kappa shape index (κ3) is 3.91. The summed E-state index contributed by atoms with van der Waals surface area (Å²) in [5, 5.41) is 0. The molecule has 0 unspecified atom stereocenters. The van der Waals surface area contributed by atoms with Crippen LogP contribution in [-0.2, 0) is 10.0 Å². The average molecular weight is 263 g/mol. The van der Waals surface area contributed by atoms with Crippen molar-refractivity contribution in [3.63, 3.8) is 0 Å². The van der Waals surface area contributed by atoms with Crippen LogP contribution in [0.1, 0.15) is 26.7 Å². The predicted octanol–water partition coefficient (Wildman–Crippen LogP) is 0.0795. The SMILES string of the molecule is CC(C)N1CCC(N(C)S(=O)(=O)CCN)CC1. The molecule has 0 radical (unpaired) electrons. The lowest BCUT2D eigenvalue weighted by atomic mass is 10.0. The van der Waals surface area contributed by atoms with Crippen LogP contribution in [0, 0.1) is 0 Å². The Kier molecular flexibility index (Phi) is 5.37. The van der Waals surface area contributed by atoms with E-state index in [1.165, 1.54) is 4.31 Å². The molecule has 0 aromatic rings. The van der Waals surface area contributed by atoms with Gasteiger partial charge in [0.05, 0.1) is 5.75 Å². The van der Waals surface area contributed by atoms with E-state index < -0.39 is 10.0 Å². The maximum Gasteiger partial charge on any atom is 0.215 e. The van der Waals surface area contributed by atoms with E-state index in [1.54, 1.807) is 7.05 Å². The normalized spacial score (nSPS) is 20.4. The molecule has 5 nitrogen and oxygen atoms in total. The van der Waals surface area contributed by atoms with Crippen molar-refractivity contribution in [1.29, 1.82) is 0 Å². The number of sulfonamides is 1. The number of nitrogens with zero attached hydrogens (tertiary/aromatic N) is 2. The van der Waals surface area contributed by atoms with Gasteiger partial charge in [0.2, 0.25) is 10.0 Å². The molecule has 0 aromatic carbocycles. The van der Waals surface area contributed by atoms with Crippen LogP contribution in [0.15, 0.2) is 0 Å². The second-order valence-corrected chi connectivity index (χ2v) is 7.13. The molecule has 17 heavy (non-hydrogen) atoms. The van der Waals surface area contributed by atoms with E-state index in [4.69, 9.17) is 5.73 Å². The number of hydrogen-bond acceptors (Lipinski definition) is 4. The van der Waals surface area contributed by atoms with Gasteiger partial charge in [0.1, 0.15) is 0 Å². The standard InChI is InChI=1S/C11H25N3O2S/c1-10(2)14-7-4-11(5-8-14)13(3)17(15,16)9-6-12/h10-11H,4-9,12H2,1-3H3. The fraction of sp³-hybridized carbons (Fsp3) is 1.00. The highest BCUT2D eigenvalue weighted by Crippen LogP contribution is 2.19. The van der Waals surface area contributed by atoms with Crippen LogP contribution in [0.5, 0.6) is 0 Å². The van der Waals surface area contributed by atoms with E-state index in [1.807, 2.05) is 0 Å². The van der Waals surface area contributed by atoms with E-state index in [-0.39, 0.29) is 18.3 Å². The van der Waals surface area contributed by atoms with Gasteiger partial charge in [-0.05, 0) is 39.8 Å². The summed E-state index contributed by atoms with van der Waals surface area (Å²) in [5.41, 5.74) is 5.33. The minimum absolute atomic E-state index is 0.0495. The van der Waals surface area contributed by atoms with Gasteiger partial charge in [-0.3, -0.25) is 0 Å². The number of piperidine rings is 1. The molecule has 1 saturated heterocycles. The summed E-state index contributed by atoms with van der Waals surface area (Å²) in [7, 11) is -1.48. The van der Waals surface area contributed by atoms with Crippen LogP contribution in [0.25, 0.3) is 0 Å².